The highest BCUT2D eigenvalue weighted by atomic mass is 19.1. The molecule has 2 rings (SSSR count). The Morgan fingerprint density at radius 1 is 1.46 bits per heavy atom. The van der Waals surface area contributed by atoms with E-state index in [0.29, 0.717) is 12.0 Å². The molecule has 13 heavy (non-hydrogen) atoms. The zero-order valence-corrected chi connectivity index (χ0v) is 7.09. The molecular formula is C10H10FNO. The van der Waals surface area contributed by atoms with E-state index < -0.39 is 6.67 Å². The van der Waals surface area contributed by atoms with Crippen molar-refractivity contribution in [3.05, 3.63) is 35.4 Å². The average molecular weight is 179 g/mol. The standard InChI is InChI=1S/C10H10FNO/c11-6-8-5-7-3-1-2-4-9(7)10(13)12-8/h1-4,8H,5-6H2,(H,12,13)/t8-/m1/s1. The Balaban J connectivity index is 2.37. The summed E-state index contributed by atoms with van der Waals surface area (Å²) in [4.78, 5) is 11.4. The van der Waals surface area contributed by atoms with Gasteiger partial charge in [-0.05, 0) is 18.1 Å². The van der Waals surface area contributed by atoms with Gasteiger partial charge in [-0.15, -0.1) is 0 Å². The number of rotatable bonds is 1. The van der Waals surface area contributed by atoms with Crippen molar-refractivity contribution < 1.29 is 9.18 Å². The van der Waals surface area contributed by atoms with Crippen molar-refractivity contribution in [3.63, 3.8) is 0 Å². The minimum Gasteiger partial charge on any atom is -0.346 e. The number of hydrogen-bond donors (Lipinski definition) is 1. The van der Waals surface area contributed by atoms with Gasteiger partial charge in [-0.1, -0.05) is 18.2 Å². The number of carbonyl (C=O) groups excluding carboxylic acids is 1. The van der Waals surface area contributed by atoms with Crippen LogP contribution in [0.2, 0.25) is 0 Å². The lowest BCUT2D eigenvalue weighted by Gasteiger charge is -2.22. The number of benzene rings is 1. The number of nitrogens with one attached hydrogen (secondary N) is 1. The average Bonchev–Trinajstić information content (AvgIpc) is 2.18. The Morgan fingerprint density at radius 3 is 3.00 bits per heavy atom. The molecular weight excluding hydrogens is 169 g/mol. The lowest BCUT2D eigenvalue weighted by atomic mass is 9.96. The van der Waals surface area contributed by atoms with Crippen LogP contribution in [0.5, 0.6) is 0 Å². The van der Waals surface area contributed by atoms with E-state index in [0.717, 1.165) is 5.56 Å². The first kappa shape index (κ1) is 8.23. The molecule has 0 saturated carbocycles. The van der Waals surface area contributed by atoms with Crippen molar-refractivity contribution in [2.45, 2.75) is 12.5 Å². The lowest BCUT2D eigenvalue weighted by Crippen LogP contribution is -2.42. The molecule has 1 heterocycles. The number of alkyl halides is 1. The van der Waals surface area contributed by atoms with Crippen LogP contribution in [0.1, 0.15) is 15.9 Å². The minimum atomic E-state index is -0.500. The molecule has 0 saturated heterocycles. The van der Waals surface area contributed by atoms with E-state index in [4.69, 9.17) is 0 Å². The van der Waals surface area contributed by atoms with E-state index in [9.17, 15) is 9.18 Å². The van der Waals surface area contributed by atoms with Crippen molar-refractivity contribution in [1.29, 1.82) is 0 Å². The van der Waals surface area contributed by atoms with Gasteiger partial charge in [0.25, 0.3) is 5.91 Å². The van der Waals surface area contributed by atoms with Gasteiger partial charge >= 0.3 is 0 Å². The quantitative estimate of drug-likeness (QED) is 0.692. The maximum atomic E-state index is 12.3. The normalized spacial score (nSPS) is 20.7. The predicted molar refractivity (Wildman–Crippen MR) is 47.4 cm³/mol. The van der Waals surface area contributed by atoms with Crippen molar-refractivity contribution in [3.8, 4) is 0 Å². The van der Waals surface area contributed by atoms with Crippen LogP contribution in [0.3, 0.4) is 0 Å². The highest BCUT2D eigenvalue weighted by Gasteiger charge is 2.22. The number of halogens is 1. The monoisotopic (exact) mass is 179 g/mol. The van der Waals surface area contributed by atoms with Crippen molar-refractivity contribution >= 4 is 5.91 Å². The summed E-state index contributed by atoms with van der Waals surface area (Å²) in [5, 5.41) is 2.61. The fraction of sp³-hybridized carbons (Fsp3) is 0.300. The number of hydrogen-bond acceptors (Lipinski definition) is 1. The molecule has 0 spiro atoms. The zero-order chi connectivity index (χ0) is 9.26. The van der Waals surface area contributed by atoms with Gasteiger partial charge in [0.05, 0.1) is 6.04 Å². The van der Waals surface area contributed by atoms with Gasteiger partial charge in [0.2, 0.25) is 0 Å². The Bertz CT molecular complexity index is 337. The van der Waals surface area contributed by atoms with Gasteiger partial charge in [-0.3, -0.25) is 4.79 Å². The SMILES string of the molecule is O=C1N[C@@H](CF)Cc2ccccc21. The second-order valence-electron chi connectivity index (χ2n) is 3.19. The van der Waals surface area contributed by atoms with Crippen LogP contribution >= 0.6 is 0 Å². The first-order valence-electron chi connectivity index (χ1n) is 4.26. The summed E-state index contributed by atoms with van der Waals surface area (Å²) >= 11 is 0. The Hall–Kier alpha value is -1.38. The van der Waals surface area contributed by atoms with Crippen LogP contribution < -0.4 is 5.32 Å². The topological polar surface area (TPSA) is 29.1 Å². The van der Waals surface area contributed by atoms with E-state index in [-0.39, 0.29) is 11.9 Å². The van der Waals surface area contributed by atoms with Gasteiger partial charge in [-0.25, -0.2) is 4.39 Å². The Labute approximate surface area is 75.8 Å². The Morgan fingerprint density at radius 2 is 2.23 bits per heavy atom. The van der Waals surface area contributed by atoms with E-state index in [1.807, 2.05) is 18.2 Å². The predicted octanol–water partition coefficient (Wildman–Crippen LogP) is 1.31. The first-order chi connectivity index (χ1) is 6.31. The van der Waals surface area contributed by atoms with Gasteiger partial charge in [0.1, 0.15) is 6.67 Å². The van der Waals surface area contributed by atoms with Crippen LogP contribution in [0.4, 0.5) is 4.39 Å². The number of amides is 1. The summed E-state index contributed by atoms with van der Waals surface area (Å²) in [7, 11) is 0. The molecule has 1 aliphatic rings. The third-order valence-corrected chi connectivity index (χ3v) is 2.25. The zero-order valence-electron chi connectivity index (χ0n) is 7.09. The molecule has 3 heteroatoms. The molecule has 68 valence electrons. The largest absolute Gasteiger partial charge is 0.346 e. The molecule has 0 fully saturated rings. The summed E-state index contributed by atoms with van der Waals surface area (Å²) in [6.07, 6.45) is 0.596. The second-order valence-corrected chi connectivity index (χ2v) is 3.19. The summed E-state index contributed by atoms with van der Waals surface area (Å²) in [6.45, 7) is -0.500. The minimum absolute atomic E-state index is 0.162. The van der Waals surface area contributed by atoms with Crippen LogP contribution in [0.15, 0.2) is 24.3 Å². The molecule has 0 aliphatic carbocycles. The van der Waals surface area contributed by atoms with Crippen LogP contribution in [0, 0.1) is 0 Å². The lowest BCUT2D eigenvalue weighted by molar-refractivity contribution is 0.0917. The van der Waals surface area contributed by atoms with Crippen molar-refractivity contribution in [2.24, 2.45) is 0 Å². The van der Waals surface area contributed by atoms with E-state index >= 15 is 0 Å². The second kappa shape index (κ2) is 3.17. The molecule has 0 radical (unpaired) electrons. The fourth-order valence-electron chi connectivity index (χ4n) is 1.59. The molecule has 1 atom stereocenters. The smallest absolute Gasteiger partial charge is 0.251 e. The van der Waals surface area contributed by atoms with Crippen LogP contribution in [-0.2, 0) is 6.42 Å². The molecule has 1 N–H and O–H groups in total. The van der Waals surface area contributed by atoms with Gasteiger partial charge in [-0.2, -0.15) is 0 Å². The molecule has 0 bridgehead atoms. The highest BCUT2D eigenvalue weighted by Crippen LogP contribution is 2.16. The molecule has 2 nitrogen and oxygen atoms in total. The summed E-state index contributed by atoms with van der Waals surface area (Å²) in [6, 6.07) is 6.97. The third-order valence-electron chi connectivity index (χ3n) is 2.25. The summed E-state index contributed by atoms with van der Waals surface area (Å²) in [5.41, 5.74) is 1.61. The molecule has 1 aliphatic heterocycles. The van der Waals surface area contributed by atoms with Gasteiger partial charge in [0.15, 0.2) is 0 Å². The number of fused-ring (bicyclic) bond motifs is 1. The molecule has 1 amide bonds. The van der Waals surface area contributed by atoms with Crippen molar-refractivity contribution in [2.75, 3.05) is 6.67 Å². The maximum Gasteiger partial charge on any atom is 0.251 e. The number of carbonyl (C=O) groups is 1. The van der Waals surface area contributed by atoms with E-state index in [1.165, 1.54) is 0 Å². The fourth-order valence-corrected chi connectivity index (χ4v) is 1.59. The van der Waals surface area contributed by atoms with Gasteiger partial charge in [0, 0.05) is 5.56 Å². The van der Waals surface area contributed by atoms with Crippen LogP contribution in [-0.4, -0.2) is 18.6 Å². The molecule has 0 unspecified atom stereocenters. The first-order valence-corrected chi connectivity index (χ1v) is 4.26. The van der Waals surface area contributed by atoms with Crippen LogP contribution in [0.25, 0.3) is 0 Å². The Kier molecular flexibility index (Phi) is 2.00. The summed E-state index contributed by atoms with van der Waals surface area (Å²) in [5.74, 6) is -0.162. The molecule has 1 aromatic carbocycles. The van der Waals surface area contributed by atoms with Gasteiger partial charge < -0.3 is 5.32 Å². The highest BCUT2D eigenvalue weighted by molar-refractivity contribution is 5.96. The molecule has 0 aromatic heterocycles. The van der Waals surface area contributed by atoms with E-state index in [2.05, 4.69) is 5.32 Å². The van der Waals surface area contributed by atoms with E-state index in [1.54, 1.807) is 6.07 Å². The summed E-state index contributed by atoms with van der Waals surface area (Å²) < 4.78 is 12.3. The van der Waals surface area contributed by atoms with Crippen molar-refractivity contribution in [1.82, 2.24) is 5.32 Å². The molecule has 1 aromatic rings. The third kappa shape index (κ3) is 1.41. The maximum absolute atomic E-state index is 12.3.